The van der Waals surface area contributed by atoms with Gasteiger partial charge in [0.15, 0.2) is 0 Å². The standard InChI is InChI=1S/C17H20N2O4S/c1-23-16-8-14-11-19(10-12-3-2-4-15(20)7-12)6-5-13(14)9-17(16)24(18,21)22/h2-4,7-9,20H,5-6,10-11H2,1H3,(H2,18,21,22). The maximum absolute atomic E-state index is 11.7. The van der Waals surface area contributed by atoms with Gasteiger partial charge in [-0.2, -0.15) is 0 Å². The summed E-state index contributed by atoms with van der Waals surface area (Å²) >= 11 is 0. The summed E-state index contributed by atoms with van der Waals surface area (Å²) in [6.07, 6.45) is 0.737. The fraction of sp³-hybridized carbons (Fsp3) is 0.294. The van der Waals surface area contributed by atoms with E-state index >= 15 is 0 Å². The van der Waals surface area contributed by atoms with E-state index in [2.05, 4.69) is 4.90 Å². The van der Waals surface area contributed by atoms with Gasteiger partial charge in [0.1, 0.15) is 16.4 Å². The SMILES string of the molecule is COc1cc2c(cc1S(N)(=O)=O)CCN(Cc1cccc(O)c1)C2. The van der Waals surface area contributed by atoms with Gasteiger partial charge in [-0.25, -0.2) is 13.6 Å². The Morgan fingerprint density at radius 3 is 2.71 bits per heavy atom. The Hall–Kier alpha value is -2.09. The molecule has 6 nitrogen and oxygen atoms in total. The number of aromatic hydroxyl groups is 1. The maximum Gasteiger partial charge on any atom is 0.241 e. The van der Waals surface area contributed by atoms with Crippen LogP contribution in [0.15, 0.2) is 41.3 Å². The third-order valence-corrected chi connectivity index (χ3v) is 5.13. The van der Waals surface area contributed by atoms with Crippen LogP contribution in [0.25, 0.3) is 0 Å². The van der Waals surface area contributed by atoms with Crippen LogP contribution in [0, 0.1) is 0 Å². The second-order valence-electron chi connectivity index (χ2n) is 5.95. The highest BCUT2D eigenvalue weighted by Crippen LogP contribution is 2.31. The van der Waals surface area contributed by atoms with Crippen molar-refractivity contribution < 1.29 is 18.3 Å². The van der Waals surface area contributed by atoms with Crippen molar-refractivity contribution in [3.63, 3.8) is 0 Å². The molecule has 1 heterocycles. The first-order chi connectivity index (χ1) is 11.4. The van der Waals surface area contributed by atoms with Gasteiger partial charge in [0.25, 0.3) is 0 Å². The number of sulfonamides is 1. The minimum absolute atomic E-state index is 0.0326. The molecule has 0 aliphatic carbocycles. The number of nitrogens with two attached hydrogens (primary N) is 1. The third-order valence-electron chi connectivity index (χ3n) is 4.20. The van der Waals surface area contributed by atoms with Gasteiger partial charge in [-0.3, -0.25) is 4.90 Å². The van der Waals surface area contributed by atoms with Gasteiger partial charge >= 0.3 is 0 Å². The van der Waals surface area contributed by atoms with E-state index in [0.29, 0.717) is 13.1 Å². The first kappa shape index (κ1) is 16.8. The molecule has 2 aromatic carbocycles. The number of phenolic OH excluding ortho intramolecular Hbond substituents is 1. The molecule has 24 heavy (non-hydrogen) atoms. The first-order valence-electron chi connectivity index (χ1n) is 7.59. The second-order valence-corrected chi connectivity index (χ2v) is 7.48. The molecule has 1 aliphatic heterocycles. The number of benzene rings is 2. The van der Waals surface area contributed by atoms with Crippen molar-refractivity contribution in [3.8, 4) is 11.5 Å². The first-order valence-corrected chi connectivity index (χ1v) is 9.14. The van der Waals surface area contributed by atoms with E-state index in [1.165, 1.54) is 7.11 Å². The number of fused-ring (bicyclic) bond motifs is 1. The zero-order valence-electron chi connectivity index (χ0n) is 13.4. The molecule has 2 aromatic rings. The van der Waals surface area contributed by atoms with Gasteiger partial charge in [-0.05, 0) is 47.4 Å². The Kier molecular flexibility index (Phi) is 4.49. The number of rotatable bonds is 4. The Morgan fingerprint density at radius 1 is 1.25 bits per heavy atom. The van der Waals surface area contributed by atoms with E-state index in [1.54, 1.807) is 24.3 Å². The van der Waals surface area contributed by atoms with Crippen LogP contribution in [-0.2, 0) is 29.5 Å². The maximum atomic E-state index is 11.7. The van der Waals surface area contributed by atoms with Gasteiger partial charge in [0, 0.05) is 19.6 Å². The Bertz CT molecular complexity index is 865. The lowest BCUT2D eigenvalue weighted by molar-refractivity contribution is 0.244. The molecular formula is C17H20N2O4S. The Labute approximate surface area is 141 Å². The average Bonchev–Trinajstić information content (AvgIpc) is 2.52. The summed E-state index contributed by atoms with van der Waals surface area (Å²) < 4.78 is 28.6. The number of hydrogen-bond acceptors (Lipinski definition) is 5. The number of hydrogen-bond donors (Lipinski definition) is 2. The van der Waals surface area contributed by atoms with E-state index in [4.69, 9.17) is 9.88 Å². The van der Waals surface area contributed by atoms with Crippen molar-refractivity contribution in [1.82, 2.24) is 4.90 Å². The van der Waals surface area contributed by atoms with Gasteiger partial charge < -0.3 is 9.84 Å². The Morgan fingerprint density at radius 2 is 2.04 bits per heavy atom. The van der Waals surface area contributed by atoms with Crippen molar-refractivity contribution in [2.45, 2.75) is 24.4 Å². The summed E-state index contributed by atoms with van der Waals surface area (Å²) in [5, 5.41) is 14.8. The lowest BCUT2D eigenvalue weighted by Gasteiger charge is -2.29. The van der Waals surface area contributed by atoms with Crippen molar-refractivity contribution >= 4 is 10.0 Å². The minimum atomic E-state index is -3.81. The number of primary sulfonamides is 1. The van der Waals surface area contributed by atoms with Crippen LogP contribution in [0.2, 0.25) is 0 Å². The highest BCUT2D eigenvalue weighted by atomic mass is 32.2. The molecule has 0 fully saturated rings. The summed E-state index contributed by atoms with van der Waals surface area (Å²) in [4.78, 5) is 2.28. The zero-order chi connectivity index (χ0) is 17.3. The molecule has 0 bridgehead atoms. The largest absolute Gasteiger partial charge is 0.508 e. The van der Waals surface area contributed by atoms with Crippen LogP contribution in [-0.4, -0.2) is 32.1 Å². The van der Waals surface area contributed by atoms with Crippen LogP contribution in [0.1, 0.15) is 16.7 Å². The summed E-state index contributed by atoms with van der Waals surface area (Å²) in [5.74, 6) is 0.528. The summed E-state index contributed by atoms with van der Waals surface area (Å²) in [5.41, 5.74) is 3.05. The van der Waals surface area contributed by atoms with E-state index in [9.17, 15) is 13.5 Å². The van der Waals surface area contributed by atoms with E-state index in [-0.39, 0.29) is 16.4 Å². The molecule has 0 spiro atoms. The van der Waals surface area contributed by atoms with Gasteiger partial charge in [-0.1, -0.05) is 12.1 Å². The lowest BCUT2D eigenvalue weighted by atomic mass is 9.99. The van der Waals surface area contributed by atoms with Crippen LogP contribution < -0.4 is 9.88 Å². The minimum Gasteiger partial charge on any atom is -0.508 e. The number of phenols is 1. The molecule has 7 heteroatoms. The molecule has 0 aromatic heterocycles. The van der Waals surface area contributed by atoms with Crippen LogP contribution >= 0.6 is 0 Å². The van der Waals surface area contributed by atoms with E-state index in [1.807, 2.05) is 12.1 Å². The molecule has 0 atom stereocenters. The molecule has 0 saturated heterocycles. The van der Waals surface area contributed by atoms with Gasteiger partial charge in [-0.15, -0.1) is 0 Å². The summed E-state index contributed by atoms with van der Waals surface area (Å²) in [6.45, 7) is 2.21. The number of methoxy groups -OCH3 is 1. The fourth-order valence-electron chi connectivity index (χ4n) is 3.05. The molecule has 0 unspecified atom stereocenters. The quantitative estimate of drug-likeness (QED) is 0.876. The number of nitrogens with zero attached hydrogens (tertiary/aromatic N) is 1. The van der Waals surface area contributed by atoms with Crippen LogP contribution in [0.5, 0.6) is 11.5 Å². The molecule has 3 N–H and O–H groups in total. The zero-order valence-corrected chi connectivity index (χ0v) is 14.2. The van der Waals surface area contributed by atoms with Crippen molar-refractivity contribution in [2.75, 3.05) is 13.7 Å². The summed E-state index contributed by atoms with van der Waals surface area (Å²) in [6, 6.07) is 10.6. The molecular weight excluding hydrogens is 328 g/mol. The molecule has 3 rings (SSSR count). The summed E-state index contributed by atoms with van der Waals surface area (Å²) in [7, 11) is -2.38. The monoisotopic (exact) mass is 348 g/mol. The van der Waals surface area contributed by atoms with Gasteiger partial charge in [0.05, 0.1) is 7.11 Å². The fourth-order valence-corrected chi connectivity index (χ4v) is 3.78. The molecule has 1 aliphatic rings. The third kappa shape index (κ3) is 3.53. The van der Waals surface area contributed by atoms with E-state index in [0.717, 1.165) is 29.7 Å². The highest BCUT2D eigenvalue weighted by Gasteiger charge is 2.23. The van der Waals surface area contributed by atoms with Crippen LogP contribution in [0.4, 0.5) is 0 Å². The normalized spacial score (nSPS) is 15.1. The average molecular weight is 348 g/mol. The molecule has 0 saturated carbocycles. The molecule has 0 amide bonds. The van der Waals surface area contributed by atoms with Crippen molar-refractivity contribution in [3.05, 3.63) is 53.1 Å². The number of ether oxygens (including phenoxy) is 1. The van der Waals surface area contributed by atoms with Crippen LogP contribution in [0.3, 0.4) is 0 Å². The molecule has 0 radical (unpaired) electrons. The van der Waals surface area contributed by atoms with E-state index < -0.39 is 10.0 Å². The predicted octanol–water partition coefficient (Wildman–Crippen LogP) is 1.61. The predicted molar refractivity (Wildman–Crippen MR) is 90.3 cm³/mol. The van der Waals surface area contributed by atoms with Crippen molar-refractivity contribution in [2.24, 2.45) is 5.14 Å². The highest BCUT2D eigenvalue weighted by molar-refractivity contribution is 7.89. The van der Waals surface area contributed by atoms with Gasteiger partial charge in [0.2, 0.25) is 10.0 Å². The smallest absolute Gasteiger partial charge is 0.241 e. The lowest BCUT2D eigenvalue weighted by Crippen LogP contribution is -2.30. The van der Waals surface area contributed by atoms with Crippen molar-refractivity contribution in [1.29, 1.82) is 0 Å². The second kappa shape index (κ2) is 6.43. The Balaban J connectivity index is 1.85. The topological polar surface area (TPSA) is 92.9 Å². The molecule has 128 valence electrons.